The summed E-state index contributed by atoms with van der Waals surface area (Å²) in [4.78, 5) is 34.7. The lowest BCUT2D eigenvalue weighted by molar-refractivity contribution is 0.111. The van der Waals surface area contributed by atoms with Gasteiger partial charge in [-0.3, -0.25) is 18.4 Å². The highest BCUT2D eigenvalue weighted by Gasteiger charge is 2.24. The molecule has 0 radical (unpaired) electrons. The lowest BCUT2D eigenvalue weighted by atomic mass is 9.95. The molecule has 0 amide bonds. The minimum atomic E-state index is -0.276. The van der Waals surface area contributed by atoms with Gasteiger partial charge >= 0.3 is 0 Å². The number of hydrogen-bond donors (Lipinski definition) is 0. The van der Waals surface area contributed by atoms with Crippen molar-refractivity contribution in [1.29, 1.82) is 0 Å². The van der Waals surface area contributed by atoms with Gasteiger partial charge in [-0.05, 0) is 66.5 Å². The predicted molar refractivity (Wildman–Crippen MR) is 135 cm³/mol. The third-order valence-electron chi connectivity index (χ3n) is 6.01. The largest absolute Gasteiger partial charge is 0.449 e. The maximum Gasteiger partial charge on any atom is 0.258 e. The molecule has 0 fully saturated rings. The number of carbonyl (C=O) groups excluding carboxylic acids is 1. The number of halogens is 1. The lowest BCUT2D eigenvalue weighted by Gasteiger charge is -2.16. The quantitative estimate of drug-likeness (QED) is 0.270. The minimum absolute atomic E-state index is 0.151. The summed E-state index contributed by atoms with van der Waals surface area (Å²) < 4.78 is 20.5. The number of aromatic nitrogens is 3. The molecule has 0 atom stereocenters. The van der Waals surface area contributed by atoms with Crippen LogP contribution in [0.4, 0.5) is 4.39 Å². The summed E-state index contributed by atoms with van der Waals surface area (Å²) in [5, 5.41) is 1.29. The van der Waals surface area contributed by atoms with E-state index in [0.29, 0.717) is 41.9 Å². The molecule has 35 heavy (non-hydrogen) atoms. The Hall–Kier alpha value is -3.65. The van der Waals surface area contributed by atoms with E-state index in [4.69, 9.17) is 9.40 Å². The Kier molecular flexibility index (Phi) is 6.06. The highest BCUT2D eigenvalue weighted by Crippen LogP contribution is 2.36. The summed E-state index contributed by atoms with van der Waals surface area (Å²) in [5.41, 5.74) is 5.02. The number of aryl methyl sites for hydroxylation is 3. The van der Waals surface area contributed by atoms with Crippen LogP contribution in [0.25, 0.3) is 27.5 Å². The zero-order valence-electron chi connectivity index (χ0n) is 19.7. The molecule has 0 saturated heterocycles. The number of carbonyl (C=O) groups is 1. The van der Waals surface area contributed by atoms with Crippen molar-refractivity contribution >= 4 is 34.1 Å². The maximum atomic E-state index is 13.4. The van der Waals surface area contributed by atoms with Gasteiger partial charge in [0.15, 0.2) is 12.2 Å². The third kappa shape index (κ3) is 4.30. The molecule has 0 aliphatic carbocycles. The van der Waals surface area contributed by atoms with E-state index < -0.39 is 0 Å². The molecule has 8 heteroatoms. The molecule has 0 aliphatic rings. The molecule has 6 nitrogen and oxygen atoms in total. The average molecular weight is 490 g/mol. The van der Waals surface area contributed by atoms with Crippen molar-refractivity contribution in [1.82, 2.24) is 13.8 Å². The summed E-state index contributed by atoms with van der Waals surface area (Å²) in [7, 11) is 0. The maximum absolute atomic E-state index is 13.4. The van der Waals surface area contributed by atoms with E-state index in [0.717, 1.165) is 51.2 Å². The first-order chi connectivity index (χ1) is 16.9. The van der Waals surface area contributed by atoms with Gasteiger partial charge in [-0.1, -0.05) is 26.0 Å². The SMILES string of the molecule is Cc1nc(-c2c(CCc3ccc(F)cc3)nc(CC(C)C)c3c(=O)sn4c(C=O)ccc4c23)co1. The van der Waals surface area contributed by atoms with Crippen LogP contribution in [0, 0.1) is 18.7 Å². The second-order valence-corrected chi connectivity index (χ2v) is 9.96. The molecule has 0 bridgehead atoms. The van der Waals surface area contributed by atoms with E-state index in [9.17, 15) is 14.0 Å². The third-order valence-corrected chi connectivity index (χ3v) is 6.97. The molecule has 5 aromatic rings. The summed E-state index contributed by atoms with van der Waals surface area (Å²) in [5.74, 6) is 0.514. The molecule has 1 aromatic carbocycles. The van der Waals surface area contributed by atoms with Crippen LogP contribution in [0.3, 0.4) is 0 Å². The molecule has 0 unspecified atom stereocenters. The van der Waals surface area contributed by atoms with Gasteiger partial charge in [0.1, 0.15) is 17.8 Å². The number of hydrogen-bond acceptors (Lipinski definition) is 6. The van der Waals surface area contributed by atoms with Crippen molar-refractivity contribution in [3.63, 3.8) is 0 Å². The average Bonchev–Trinajstić information content (AvgIpc) is 3.43. The van der Waals surface area contributed by atoms with Crippen LogP contribution in [-0.2, 0) is 19.3 Å². The number of rotatable bonds is 7. The van der Waals surface area contributed by atoms with Gasteiger partial charge in [0.2, 0.25) is 0 Å². The molecule has 5 rings (SSSR count). The number of benzene rings is 1. The Balaban J connectivity index is 1.83. The monoisotopic (exact) mass is 489 g/mol. The fraction of sp³-hybridized carbons (Fsp3) is 0.259. The Morgan fingerprint density at radius 1 is 1.06 bits per heavy atom. The van der Waals surface area contributed by atoms with Crippen LogP contribution in [0.15, 0.2) is 51.9 Å². The zero-order chi connectivity index (χ0) is 24.7. The van der Waals surface area contributed by atoms with Gasteiger partial charge in [0, 0.05) is 17.9 Å². The van der Waals surface area contributed by atoms with E-state index in [2.05, 4.69) is 18.8 Å². The Bertz CT molecular complexity index is 1610. The van der Waals surface area contributed by atoms with Crippen molar-refractivity contribution in [3.05, 3.63) is 86.6 Å². The standard InChI is InChI=1S/C27H24FN3O3S/c1-15(2)12-21-25-26(23-11-9-19(13-32)31(23)35-27(25)33)24(22-14-34-16(3)29-22)20(30-21)10-6-17-4-7-18(28)8-5-17/h4-5,7-9,11,13-15H,6,10,12H2,1-3H3. The van der Waals surface area contributed by atoms with Crippen LogP contribution >= 0.6 is 11.5 Å². The Morgan fingerprint density at radius 3 is 2.49 bits per heavy atom. The molecule has 0 saturated carbocycles. The van der Waals surface area contributed by atoms with Gasteiger partial charge in [-0.2, -0.15) is 0 Å². The second-order valence-electron chi connectivity index (χ2n) is 9.04. The molecule has 178 valence electrons. The summed E-state index contributed by atoms with van der Waals surface area (Å²) in [6, 6.07) is 10.0. The zero-order valence-corrected chi connectivity index (χ0v) is 20.5. The molecule has 0 aliphatic heterocycles. The highest BCUT2D eigenvalue weighted by molar-refractivity contribution is 7.04. The number of aldehydes is 1. The van der Waals surface area contributed by atoms with Gasteiger partial charge in [0.05, 0.1) is 28.0 Å². The van der Waals surface area contributed by atoms with Gasteiger partial charge in [0.25, 0.3) is 4.74 Å². The normalized spacial score (nSPS) is 11.7. The number of nitrogens with zero attached hydrogens (tertiary/aromatic N) is 3. The Morgan fingerprint density at radius 2 is 1.83 bits per heavy atom. The fourth-order valence-corrected chi connectivity index (χ4v) is 5.43. The first-order valence-electron chi connectivity index (χ1n) is 11.5. The van der Waals surface area contributed by atoms with Gasteiger partial charge < -0.3 is 4.42 Å². The number of pyridine rings is 1. The van der Waals surface area contributed by atoms with Crippen LogP contribution in [0.1, 0.15) is 47.2 Å². The summed E-state index contributed by atoms with van der Waals surface area (Å²) in [6.07, 6.45) is 4.17. The van der Waals surface area contributed by atoms with Crippen molar-refractivity contribution in [3.8, 4) is 11.3 Å². The molecule has 0 spiro atoms. The van der Waals surface area contributed by atoms with E-state index in [-0.39, 0.29) is 16.5 Å². The summed E-state index contributed by atoms with van der Waals surface area (Å²) in [6.45, 7) is 5.95. The van der Waals surface area contributed by atoms with Crippen LogP contribution in [0.2, 0.25) is 0 Å². The lowest BCUT2D eigenvalue weighted by Crippen LogP contribution is -2.12. The smallest absolute Gasteiger partial charge is 0.258 e. The molecule has 0 N–H and O–H groups in total. The van der Waals surface area contributed by atoms with E-state index in [1.807, 2.05) is 6.07 Å². The van der Waals surface area contributed by atoms with Crippen LogP contribution in [-0.4, -0.2) is 20.0 Å². The van der Waals surface area contributed by atoms with Gasteiger partial charge in [-0.15, -0.1) is 0 Å². The molecular weight excluding hydrogens is 465 g/mol. The summed E-state index contributed by atoms with van der Waals surface area (Å²) >= 11 is 1.01. The van der Waals surface area contributed by atoms with Crippen molar-refractivity contribution in [2.75, 3.05) is 0 Å². The predicted octanol–water partition coefficient (Wildman–Crippen LogP) is 5.81. The number of oxazole rings is 1. The van der Waals surface area contributed by atoms with E-state index >= 15 is 0 Å². The van der Waals surface area contributed by atoms with E-state index in [1.165, 1.54) is 12.1 Å². The van der Waals surface area contributed by atoms with Crippen molar-refractivity contribution < 1.29 is 13.6 Å². The minimum Gasteiger partial charge on any atom is -0.449 e. The van der Waals surface area contributed by atoms with Gasteiger partial charge in [-0.25, -0.2) is 9.37 Å². The molecule has 4 aromatic heterocycles. The topological polar surface area (TPSA) is 77.5 Å². The number of fused-ring (bicyclic) bond motifs is 3. The van der Waals surface area contributed by atoms with Crippen molar-refractivity contribution in [2.45, 2.75) is 40.0 Å². The van der Waals surface area contributed by atoms with Crippen LogP contribution < -0.4 is 4.74 Å². The molecule has 4 heterocycles. The first-order valence-corrected chi connectivity index (χ1v) is 12.3. The molecular formula is C27H24FN3O3S. The second kappa shape index (κ2) is 9.19. The van der Waals surface area contributed by atoms with Crippen LogP contribution in [0.5, 0.6) is 0 Å². The Labute approximate surface area is 205 Å². The highest BCUT2D eigenvalue weighted by atomic mass is 32.1. The van der Waals surface area contributed by atoms with Crippen molar-refractivity contribution in [2.24, 2.45) is 5.92 Å². The fourth-order valence-electron chi connectivity index (χ4n) is 4.49. The van der Waals surface area contributed by atoms with E-state index in [1.54, 1.807) is 35.2 Å². The first kappa shape index (κ1) is 23.1.